The van der Waals surface area contributed by atoms with Crippen molar-refractivity contribution in [2.75, 3.05) is 18.3 Å². The Morgan fingerprint density at radius 2 is 2.19 bits per heavy atom. The van der Waals surface area contributed by atoms with Gasteiger partial charge in [0.2, 0.25) is 5.13 Å². The van der Waals surface area contributed by atoms with E-state index >= 15 is 0 Å². The number of rotatable bonds is 8. The van der Waals surface area contributed by atoms with Crippen molar-refractivity contribution in [3.05, 3.63) is 17.4 Å². The van der Waals surface area contributed by atoms with Gasteiger partial charge in [-0.15, -0.1) is 10.2 Å². The van der Waals surface area contributed by atoms with Crippen LogP contribution < -0.4 is 10.0 Å². The molecule has 0 saturated heterocycles. The summed E-state index contributed by atoms with van der Waals surface area (Å²) in [4.78, 5) is 0.125. The van der Waals surface area contributed by atoms with Crippen molar-refractivity contribution < 1.29 is 8.42 Å². The molecule has 10 heteroatoms. The summed E-state index contributed by atoms with van der Waals surface area (Å²) in [5.41, 5.74) is 0. The van der Waals surface area contributed by atoms with Crippen molar-refractivity contribution in [1.82, 2.24) is 25.3 Å². The molecule has 8 nitrogen and oxygen atoms in total. The molecule has 21 heavy (non-hydrogen) atoms. The van der Waals surface area contributed by atoms with Gasteiger partial charge in [0.05, 0.1) is 6.20 Å². The van der Waals surface area contributed by atoms with Crippen LogP contribution in [-0.2, 0) is 23.0 Å². The maximum atomic E-state index is 12.2. The van der Waals surface area contributed by atoms with Gasteiger partial charge >= 0.3 is 0 Å². The van der Waals surface area contributed by atoms with E-state index in [1.54, 1.807) is 4.68 Å². The van der Waals surface area contributed by atoms with Crippen molar-refractivity contribution in [3.8, 4) is 0 Å². The second kappa shape index (κ2) is 6.96. The maximum absolute atomic E-state index is 12.2. The summed E-state index contributed by atoms with van der Waals surface area (Å²) in [6.07, 6.45) is 4.45. The molecule has 0 atom stereocenters. The zero-order chi connectivity index (χ0) is 15.3. The molecule has 0 amide bonds. The van der Waals surface area contributed by atoms with Gasteiger partial charge in [-0.2, -0.15) is 5.10 Å². The summed E-state index contributed by atoms with van der Waals surface area (Å²) in [7, 11) is -1.79. The zero-order valence-corrected chi connectivity index (χ0v) is 13.5. The Bertz CT molecular complexity index is 678. The van der Waals surface area contributed by atoms with Gasteiger partial charge in [0, 0.05) is 12.7 Å². The number of hydrogen-bond donors (Lipinski definition) is 2. The molecule has 0 aliphatic heterocycles. The topological polar surface area (TPSA) is 102 Å². The van der Waals surface area contributed by atoms with Gasteiger partial charge in [0.15, 0.2) is 0 Å². The molecular weight excluding hydrogens is 312 g/mol. The summed E-state index contributed by atoms with van der Waals surface area (Å²) >= 11 is 1.23. The minimum Gasteiger partial charge on any atom is -0.320 e. The highest BCUT2D eigenvalue weighted by molar-refractivity contribution is 7.93. The number of aromatic nitrogens is 4. The molecule has 0 aliphatic carbocycles. The predicted molar refractivity (Wildman–Crippen MR) is 80.9 cm³/mol. The number of anilines is 1. The van der Waals surface area contributed by atoms with Crippen LogP contribution in [-0.4, -0.2) is 42.0 Å². The van der Waals surface area contributed by atoms with Crippen LogP contribution in [0.15, 0.2) is 17.3 Å². The molecule has 0 unspecified atom stereocenters. The minimum absolute atomic E-state index is 0.125. The van der Waals surface area contributed by atoms with E-state index in [9.17, 15) is 8.42 Å². The summed E-state index contributed by atoms with van der Waals surface area (Å²) in [6.45, 7) is 3.45. The van der Waals surface area contributed by atoms with E-state index < -0.39 is 10.0 Å². The normalized spacial score (nSPS) is 11.7. The lowest BCUT2D eigenvalue weighted by atomic mass is 10.4. The molecule has 0 fully saturated rings. The van der Waals surface area contributed by atoms with Gasteiger partial charge in [0.1, 0.15) is 9.90 Å². The highest BCUT2D eigenvalue weighted by atomic mass is 32.2. The zero-order valence-electron chi connectivity index (χ0n) is 11.9. The van der Waals surface area contributed by atoms with Gasteiger partial charge in [-0.1, -0.05) is 18.3 Å². The van der Waals surface area contributed by atoms with Crippen LogP contribution in [0.4, 0.5) is 5.13 Å². The fourth-order valence-electron chi connectivity index (χ4n) is 1.64. The molecule has 2 rings (SSSR count). The lowest BCUT2D eigenvalue weighted by Gasteiger charge is -2.02. The van der Waals surface area contributed by atoms with Crippen molar-refractivity contribution in [2.45, 2.75) is 31.2 Å². The Hall–Kier alpha value is -1.52. The summed E-state index contributed by atoms with van der Waals surface area (Å²) in [5.74, 6) is 0. The molecule has 0 saturated carbocycles. The first-order valence-corrected chi connectivity index (χ1v) is 8.87. The van der Waals surface area contributed by atoms with Crippen molar-refractivity contribution in [3.63, 3.8) is 0 Å². The Kier molecular flexibility index (Phi) is 5.26. The number of hydrogen-bond acceptors (Lipinski definition) is 7. The minimum atomic E-state index is -3.66. The fraction of sp³-hybridized carbons (Fsp3) is 0.545. The van der Waals surface area contributed by atoms with Crippen LogP contribution in [0.3, 0.4) is 0 Å². The SMILES string of the molecule is CCc1nnc(NS(=O)(=O)c2cnn(CCCNC)c2)s1. The molecule has 2 N–H and O–H groups in total. The van der Waals surface area contributed by atoms with Gasteiger partial charge in [0.25, 0.3) is 10.0 Å². The second-order valence-electron chi connectivity index (χ2n) is 4.36. The molecule has 0 spiro atoms. The van der Waals surface area contributed by atoms with Gasteiger partial charge < -0.3 is 5.32 Å². The molecule has 2 aromatic heterocycles. The third-order valence-corrected chi connectivity index (χ3v) is 5.13. The smallest absolute Gasteiger partial charge is 0.266 e. The Labute approximate surface area is 127 Å². The summed E-state index contributed by atoms with van der Waals surface area (Å²) < 4.78 is 28.4. The maximum Gasteiger partial charge on any atom is 0.266 e. The van der Waals surface area contributed by atoms with Crippen molar-refractivity contribution in [2.24, 2.45) is 0 Å². The van der Waals surface area contributed by atoms with E-state index in [1.807, 2.05) is 14.0 Å². The van der Waals surface area contributed by atoms with E-state index in [4.69, 9.17) is 0 Å². The predicted octanol–water partition coefficient (Wildman–Crippen LogP) is 0.707. The molecule has 2 aromatic rings. The van der Waals surface area contributed by atoms with Crippen LogP contribution in [0.5, 0.6) is 0 Å². The highest BCUT2D eigenvalue weighted by Crippen LogP contribution is 2.19. The summed E-state index contributed by atoms with van der Waals surface area (Å²) in [5, 5.41) is 15.8. The van der Waals surface area contributed by atoms with Crippen LogP contribution in [0.25, 0.3) is 0 Å². The molecule has 2 heterocycles. The fourth-order valence-corrected chi connectivity index (χ4v) is 3.50. The van der Waals surface area contributed by atoms with Crippen LogP contribution in [0.1, 0.15) is 18.4 Å². The number of aryl methyl sites for hydroxylation is 2. The van der Waals surface area contributed by atoms with Gasteiger partial charge in [-0.05, 0) is 26.4 Å². The Morgan fingerprint density at radius 1 is 1.38 bits per heavy atom. The molecule has 116 valence electrons. The molecule has 0 radical (unpaired) electrons. The first-order chi connectivity index (χ1) is 10.0. The highest BCUT2D eigenvalue weighted by Gasteiger charge is 2.18. The average Bonchev–Trinajstić information content (AvgIpc) is 3.08. The molecule has 0 aromatic carbocycles. The van der Waals surface area contributed by atoms with E-state index in [0.29, 0.717) is 6.54 Å². The van der Waals surface area contributed by atoms with E-state index in [0.717, 1.165) is 24.4 Å². The van der Waals surface area contributed by atoms with Crippen molar-refractivity contribution in [1.29, 1.82) is 0 Å². The average molecular weight is 330 g/mol. The quantitative estimate of drug-likeness (QED) is 0.691. The standard InChI is InChI=1S/C11H18N6O2S2/c1-3-10-14-15-11(20-10)16-21(18,19)9-7-13-17(8-9)6-4-5-12-2/h7-8,12H,3-6H2,1-2H3,(H,15,16). The second-order valence-corrected chi connectivity index (χ2v) is 7.10. The number of sulfonamides is 1. The summed E-state index contributed by atoms with van der Waals surface area (Å²) in [6, 6.07) is 0. The first kappa shape index (κ1) is 15.9. The third-order valence-electron chi connectivity index (χ3n) is 2.72. The third kappa shape index (κ3) is 4.22. The number of nitrogens with one attached hydrogen (secondary N) is 2. The van der Waals surface area contributed by atoms with Crippen LogP contribution in [0.2, 0.25) is 0 Å². The van der Waals surface area contributed by atoms with Gasteiger partial charge in [-0.25, -0.2) is 8.42 Å². The van der Waals surface area contributed by atoms with Gasteiger partial charge in [-0.3, -0.25) is 9.40 Å². The van der Waals surface area contributed by atoms with Crippen LogP contribution >= 0.6 is 11.3 Å². The Morgan fingerprint density at radius 3 is 2.86 bits per heavy atom. The van der Waals surface area contributed by atoms with E-state index in [2.05, 4.69) is 25.3 Å². The van der Waals surface area contributed by atoms with Crippen LogP contribution in [0, 0.1) is 0 Å². The van der Waals surface area contributed by atoms with E-state index in [-0.39, 0.29) is 10.0 Å². The largest absolute Gasteiger partial charge is 0.320 e. The Balaban J connectivity index is 2.05. The monoisotopic (exact) mass is 330 g/mol. The molecular formula is C11H18N6O2S2. The molecule has 0 bridgehead atoms. The lowest BCUT2D eigenvalue weighted by Crippen LogP contribution is -2.13. The molecule has 0 aliphatic rings. The number of nitrogens with zero attached hydrogens (tertiary/aromatic N) is 4. The first-order valence-electron chi connectivity index (χ1n) is 6.57. The van der Waals surface area contributed by atoms with Crippen molar-refractivity contribution >= 4 is 26.5 Å². The lowest BCUT2D eigenvalue weighted by molar-refractivity contribution is 0.561. The van der Waals surface area contributed by atoms with E-state index in [1.165, 1.54) is 23.7 Å².